The molecule has 12 heteroatoms. The third kappa shape index (κ3) is 4.43. The first-order valence-corrected chi connectivity index (χ1v) is 10.1. The lowest BCUT2D eigenvalue weighted by molar-refractivity contribution is -0.137. The van der Waals surface area contributed by atoms with E-state index in [2.05, 4.69) is 15.1 Å². The zero-order valence-electron chi connectivity index (χ0n) is 15.9. The van der Waals surface area contributed by atoms with E-state index in [0.717, 1.165) is 16.4 Å². The van der Waals surface area contributed by atoms with Gasteiger partial charge in [-0.25, -0.2) is 0 Å². The van der Waals surface area contributed by atoms with Crippen LogP contribution in [0.15, 0.2) is 30.5 Å². The Morgan fingerprint density at radius 1 is 1.31 bits per heavy atom. The predicted molar refractivity (Wildman–Crippen MR) is 99.0 cm³/mol. The highest BCUT2D eigenvalue weighted by atomic mass is 32.2. The maximum absolute atomic E-state index is 12.9. The highest BCUT2D eigenvalue weighted by molar-refractivity contribution is 7.87. The first-order chi connectivity index (χ1) is 13.4. The van der Waals surface area contributed by atoms with E-state index in [1.165, 1.54) is 23.9 Å². The van der Waals surface area contributed by atoms with Crippen LogP contribution in [0.2, 0.25) is 0 Å². The van der Waals surface area contributed by atoms with Crippen molar-refractivity contribution in [2.24, 2.45) is 7.05 Å². The summed E-state index contributed by atoms with van der Waals surface area (Å²) in [7, 11) is -1.05. The van der Waals surface area contributed by atoms with Gasteiger partial charge in [-0.05, 0) is 31.5 Å². The van der Waals surface area contributed by atoms with Crippen molar-refractivity contribution in [1.29, 1.82) is 0 Å². The summed E-state index contributed by atoms with van der Waals surface area (Å²) < 4.78 is 68.6. The van der Waals surface area contributed by atoms with Crippen LogP contribution in [0.3, 0.4) is 0 Å². The quantitative estimate of drug-likeness (QED) is 0.777. The Hall–Kier alpha value is -2.44. The number of nitrogens with one attached hydrogen (secondary N) is 2. The Morgan fingerprint density at radius 2 is 2.00 bits per heavy atom. The number of aromatic nitrogens is 2. The lowest BCUT2D eigenvalue weighted by atomic mass is 10.00. The van der Waals surface area contributed by atoms with Gasteiger partial charge in [-0.15, -0.1) is 0 Å². The van der Waals surface area contributed by atoms with Crippen LogP contribution < -0.4 is 10.0 Å². The van der Waals surface area contributed by atoms with Gasteiger partial charge >= 0.3 is 6.18 Å². The first kappa shape index (κ1) is 21.3. The summed E-state index contributed by atoms with van der Waals surface area (Å²) in [6.45, 7) is 1.72. The van der Waals surface area contributed by atoms with Crippen molar-refractivity contribution in [3.63, 3.8) is 0 Å². The first-order valence-electron chi connectivity index (χ1n) is 8.62. The predicted octanol–water partition coefficient (Wildman–Crippen LogP) is 1.97. The van der Waals surface area contributed by atoms with Crippen LogP contribution >= 0.6 is 0 Å². The van der Waals surface area contributed by atoms with Gasteiger partial charge in [-0.3, -0.25) is 9.48 Å². The van der Waals surface area contributed by atoms with Gasteiger partial charge in [-0.2, -0.15) is 35.7 Å². The number of halogens is 3. The smallest absolute Gasteiger partial charge is 0.325 e. The van der Waals surface area contributed by atoms with Crippen molar-refractivity contribution in [3.8, 4) is 0 Å². The Kier molecular flexibility index (Phi) is 5.45. The number of anilines is 1. The second-order valence-corrected chi connectivity index (χ2v) is 8.62. The lowest BCUT2D eigenvalue weighted by Gasteiger charge is -2.36. The minimum atomic E-state index is -4.56. The second kappa shape index (κ2) is 7.43. The van der Waals surface area contributed by atoms with Gasteiger partial charge in [0, 0.05) is 31.5 Å². The molecule has 1 fully saturated rings. The summed E-state index contributed by atoms with van der Waals surface area (Å²) >= 11 is 0. The van der Waals surface area contributed by atoms with Crippen LogP contribution in [-0.4, -0.2) is 41.5 Å². The summed E-state index contributed by atoms with van der Waals surface area (Å²) in [6.07, 6.45) is -2.80. The Labute approximate surface area is 165 Å². The highest BCUT2D eigenvalue weighted by Crippen LogP contribution is 2.32. The molecule has 158 valence electrons. The summed E-state index contributed by atoms with van der Waals surface area (Å²) in [6, 6.07) is 2.37. The molecule has 29 heavy (non-hydrogen) atoms. The third-order valence-corrected chi connectivity index (χ3v) is 6.35. The monoisotopic (exact) mass is 431 g/mol. The fourth-order valence-corrected chi connectivity index (χ4v) is 4.54. The number of nitrogens with zero attached hydrogens (tertiary/aromatic N) is 3. The van der Waals surface area contributed by atoms with Gasteiger partial charge < -0.3 is 5.32 Å². The molecule has 0 saturated carbocycles. The van der Waals surface area contributed by atoms with Crippen LogP contribution in [0.1, 0.15) is 29.3 Å². The Bertz CT molecular complexity index is 1040. The van der Waals surface area contributed by atoms with Gasteiger partial charge in [0.05, 0.1) is 17.3 Å². The van der Waals surface area contributed by atoms with Gasteiger partial charge in [0.25, 0.3) is 10.2 Å². The van der Waals surface area contributed by atoms with Crippen LogP contribution in [0, 0.1) is 6.92 Å². The van der Waals surface area contributed by atoms with Crippen molar-refractivity contribution in [2.45, 2.75) is 31.6 Å². The molecular weight excluding hydrogens is 411 g/mol. The largest absolute Gasteiger partial charge is 0.416 e. The van der Waals surface area contributed by atoms with E-state index < -0.39 is 39.9 Å². The van der Waals surface area contributed by atoms with Crippen LogP contribution in [0.25, 0.3) is 0 Å². The molecule has 1 saturated heterocycles. The number of hydrogen-bond acceptors (Lipinski definition) is 4. The standard InChI is InChI=1S/C17H20F3N5O3S/c1-10-13(9-24(2)22-10)14-8-15(25(3)29(27,28)23-14)16(26)21-12-6-4-5-11(7-12)17(18,19)20/h4-7,9,14-15,23H,8H2,1-3H3,(H,21,26). The molecule has 2 N–H and O–H groups in total. The number of carbonyl (C=O) groups excluding carboxylic acids is 1. The van der Waals surface area contributed by atoms with E-state index in [0.29, 0.717) is 11.3 Å². The van der Waals surface area contributed by atoms with Gasteiger partial charge in [0.2, 0.25) is 5.91 Å². The van der Waals surface area contributed by atoms with Crippen LogP contribution in [0.4, 0.5) is 18.9 Å². The maximum Gasteiger partial charge on any atom is 0.416 e. The van der Waals surface area contributed by atoms with E-state index in [1.807, 2.05) is 0 Å². The Morgan fingerprint density at radius 3 is 2.59 bits per heavy atom. The van der Waals surface area contributed by atoms with Gasteiger partial charge in [-0.1, -0.05) is 6.07 Å². The van der Waals surface area contributed by atoms with Gasteiger partial charge in [0.15, 0.2) is 0 Å². The van der Waals surface area contributed by atoms with Crippen molar-refractivity contribution in [1.82, 2.24) is 18.8 Å². The summed E-state index contributed by atoms with van der Waals surface area (Å²) in [5.41, 5.74) is 0.261. The van der Waals surface area contributed by atoms with Crippen LogP contribution in [-0.2, 0) is 28.2 Å². The number of carbonyl (C=O) groups is 1. The van der Waals surface area contributed by atoms with E-state index in [9.17, 15) is 26.4 Å². The molecule has 0 radical (unpaired) electrons. The summed E-state index contributed by atoms with van der Waals surface area (Å²) in [5, 5.41) is 6.58. The van der Waals surface area contributed by atoms with Gasteiger partial charge in [0.1, 0.15) is 6.04 Å². The molecule has 1 aromatic carbocycles. The van der Waals surface area contributed by atoms with Crippen LogP contribution in [0.5, 0.6) is 0 Å². The molecule has 2 atom stereocenters. The molecule has 0 aliphatic carbocycles. The SMILES string of the molecule is Cc1nn(C)cc1C1CC(C(=O)Nc2cccc(C(F)(F)F)c2)N(C)S(=O)(=O)N1. The zero-order valence-corrected chi connectivity index (χ0v) is 16.7. The van der Waals surface area contributed by atoms with E-state index in [4.69, 9.17) is 0 Å². The molecule has 2 aromatic rings. The molecule has 8 nitrogen and oxygen atoms in total. The molecule has 2 unspecified atom stereocenters. The number of benzene rings is 1. The van der Waals surface area contributed by atoms with E-state index >= 15 is 0 Å². The molecule has 2 heterocycles. The Balaban J connectivity index is 1.86. The van der Waals surface area contributed by atoms with Crippen molar-refractivity contribution in [3.05, 3.63) is 47.3 Å². The molecule has 0 bridgehead atoms. The average molecular weight is 431 g/mol. The van der Waals surface area contributed by atoms with E-state index in [1.54, 1.807) is 20.2 Å². The number of rotatable bonds is 3. The molecule has 1 amide bonds. The number of hydrogen-bond donors (Lipinski definition) is 2. The zero-order chi connectivity index (χ0) is 21.6. The topological polar surface area (TPSA) is 96.3 Å². The highest BCUT2D eigenvalue weighted by Gasteiger charge is 2.41. The molecular formula is C17H20F3N5O3S. The fourth-order valence-electron chi connectivity index (χ4n) is 3.27. The fraction of sp³-hybridized carbons (Fsp3) is 0.412. The van der Waals surface area contributed by atoms with Crippen molar-refractivity contribution in [2.75, 3.05) is 12.4 Å². The number of alkyl halides is 3. The lowest BCUT2D eigenvalue weighted by Crippen LogP contribution is -2.56. The average Bonchev–Trinajstić information content (AvgIpc) is 2.95. The van der Waals surface area contributed by atoms with Crippen molar-refractivity contribution < 1.29 is 26.4 Å². The molecule has 1 aromatic heterocycles. The number of likely N-dealkylation sites (N-methyl/N-ethyl adjacent to an activating group) is 1. The molecule has 1 aliphatic heterocycles. The summed E-state index contributed by atoms with van der Waals surface area (Å²) in [5.74, 6) is -0.719. The minimum Gasteiger partial charge on any atom is -0.325 e. The third-order valence-electron chi connectivity index (χ3n) is 4.76. The minimum absolute atomic E-state index is 0.0664. The maximum atomic E-state index is 12.9. The number of amides is 1. The molecule has 3 rings (SSSR count). The summed E-state index contributed by atoms with van der Waals surface area (Å²) in [4.78, 5) is 12.7. The second-order valence-electron chi connectivity index (χ2n) is 6.85. The molecule has 0 spiro atoms. The molecule has 1 aliphatic rings. The normalized spacial score (nSPS) is 22.4. The van der Waals surface area contributed by atoms with E-state index in [-0.39, 0.29) is 12.1 Å². The van der Waals surface area contributed by atoms with Crippen molar-refractivity contribution >= 4 is 21.8 Å². The number of aryl methyl sites for hydroxylation is 2.